The summed E-state index contributed by atoms with van der Waals surface area (Å²) in [6, 6.07) is 7.40. The van der Waals surface area contributed by atoms with E-state index in [4.69, 9.17) is 4.74 Å². The number of ether oxygens (including phenoxy) is 1. The van der Waals surface area contributed by atoms with Crippen LogP contribution in [0, 0.1) is 3.70 Å². The highest BCUT2D eigenvalue weighted by Gasteiger charge is 2.38. The second-order valence-corrected chi connectivity index (χ2v) is 9.20. The quantitative estimate of drug-likeness (QED) is 0.415. The molecule has 30 heavy (non-hydrogen) atoms. The maximum Gasteiger partial charge on any atom is 0.406 e. The molecule has 1 aromatic heterocycles. The molecule has 0 aliphatic carbocycles. The van der Waals surface area contributed by atoms with Gasteiger partial charge in [-0.05, 0) is 74.4 Å². The molecular weight excluding hydrogens is 510 g/mol. The smallest absolute Gasteiger partial charge is 0.406 e. The van der Waals surface area contributed by atoms with Crippen LogP contribution < -0.4 is 5.32 Å². The fourth-order valence-electron chi connectivity index (χ4n) is 3.96. The van der Waals surface area contributed by atoms with Crippen LogP contribution in [0.3, 0.4) is 0 Å². The summed E-state index contributed by atoms with van der Waals surface area (Å²) in [6.07, 6.45) is -2.60. The summed E-state index contributed by atoms with van der Waals surface area (Å²) in [6.45, 7) is 6.40. The fourth-order valence-corrected chi connectivity index (χ4v) is 4.70. The molecular formula is C21H27F3IN3O2. The van der Waals surface area contributed by atoms with Gasteiger partial charge in [-0.15, -0.1) is 0 Å². The van der Waals surface area contributed by atoms with Crippen LogP contribution in [0.5, 0.6) is 0 Å². The fraction of sp³-hybridized carbons (Fsp3) is 0.571. The lowest BCUT2D eigenvalue weighted by atomic mass is 9.96. The Balaban J connectivity index is 1.71. The Morgan fingerprint density at radius 2 is 1.93 bits per heavy atom. The maximum absolute atomic E-state index is 13.0. The molecule has 1 aliphatic heterocycles. The lowest BCUT2D eigenvalue weighted by Crippen LogP contribution is -2.55. The summed E-state index contributed by atoms with van der Waals surface area (Å²) in [7, 11) is 0. The third kappa shape index (κ3) is 5.04. The van der Waals surface area contributed by atoms with Crippen LogP contribution in [0.1, 0.15) is 33.6 Å². The van der Waals surface area contributed by atoms with Gasteiger partial charge in [-0.1, -0.05) is 6.07 Å². The molecule has 5 nitrogen and oxygen atoms in total. The third-order valence-corrected chi connectivity index (χ3v) is 6.55. The van der Waals surface area contributed by atoms with Crippen LogP contribution in [-0.4, -0.2) is 52.9 Å². The van der Waals surface area contributed by atoms with E-state index < -0.39 is 18.3 Å². The average Bonchev–Trinajstić information content (AvgIpc) is 2.97. The zero-order chi connectivity index (χ0) is 22.1. The number of carbonyl (C=O) groups is 1. The number of nitrogens with zero attached hydrogens (tertiary/aromatic N) is 2. The molecule has 0 unspecified atom stereocenters. The number of hydrogen-bond donors (Lipinski definition) is 1. The van der Waals surface area contributed by atoms with E-state index in [1.165, 1.54) is 4.57 Å². The molecule has 1 aliphatic rings. The summed E-state index contributed by atoms with van der Waals surface area (Å²) in [5, 5.41) is 4.30. The Bertz CT molecular complexity index is 903. The van der Waals surface area contributed by atoms with Crippen LogP contribution in [0.2, 0.25) is 0 Å². The van der Waals surface area contributed by atoms with Crippen LogP contribution in [0.25, 0.3) is 10.9 Å². The van der Waals surface area contributed by atoms with Gasteiger partial charge in [0.15, 0.2) is 0 Å². The molecule has 1 N–H and O–H groups in total. The van der Waals surface area contributed by atoms with E-state index >= 15 is 0 Å². The van der Waals surface area contributed by atoms with Crippen molar-refractivity contribution in [2.24, 2.45) is 0 Å². The van der Waals surface area contributed by atoms with Crippen molar-refractivity contribution >= 4 is 45.2 Å². The van der Waals surface area contributed by atoms with E-state index in [-0.39, 0.29) is 12.0 Å². The van der Waals surface area contributed by atoms with Crippen molar-refractivity contribution in [1.82, 2.24) is 9.47 Å². The Labute approximate surface area is 188 Å². The summed E-state index contributed by atoms with van der Waals surface area (Å²) in [5.41, 5.74) is 0.739. The molecule has 3 rings (SSSR count). The molecule has 1 aromatic carbocycles. The first kappa shape index (κ1) is 23.2. The van der Waals surface area contributed by atoms with E-state index in [0.717, 1.165) is 37.0 Å². The predicted molar refractivity (Wildman–Crippen MR) is 120 cm³/mol. The Hall–Kier alpha value is -1.49. The number of anilines is 1. The molecule has 166 valence electrons. The molecule has 0 atom stereocenters. The Morgan fingerprint density at radius 3 is 2.53 bits per heavy atom. The summed E-state index contributed by atoms with van der Waals surface area (Å²) < 4.78 is 45.9. The number of carbonyl (C=O) groups excluding carboxylic acids is 1. The van der Waals surface area contributed by atoms with Crippen LogP contribution in [0.15, 0.2) is 24.3 Å². The lowest BCUT2D eigenvalue weighted by molar-refractivity contribution is -0.156. The van der Waals surface area contributed by atoms with Gasteiger partial charge in [0.05, 0.1) is 15.8 Å². The molecule has 0 bridgehead atoms. The van der Waals surface area contributed by atoms with E-state index in [9.17, 15) is 18.0 Å². The number of fused-ring (bicyclic) bond motifs is 1. The predicted octanol–water partition coefficient (Wildman–Crippen LogP) is 5.03. The maximum atomic E-state index is 13.0. The van der Waals surface area contributed by atoms with Crippen molar-refractivity contribution in [1.29, 1.82) is 0 Å². The number of halogens is 4. The number of alkyl halides is 3. The van der Waals surface area contributed by atoms with Gasteiger partial charge in [-0.3, -0.25) is 9.69 Å². The summed E-state index contributed by atoms with van der Waals surface area (Å²) in [5.74, 6) is -0.221. The van der Waals surface area contributed by atoms with E-state index in [2.05, 4.69) is 10.2 Å². The Kier molecular flexibility index (Phi) is 6.91. The molecule has 2 aromatic rings. The van der Waals surface area contributed by atoms with Gasteiger partial charge >= 0.3 is 12.1 Å². The van der Waals surface area contributed by atoms with E-state index in [0.29, 0.717) is 15.8 Å². The molecule has 1 fully saturated rings. The number of aromatic nitrogens is 1. The zero-order valence-corrected chi connectivity index (χ0v) is 19.5. The minimum absolute atomic E-state index is 0.188. The molecule has 0 saturated carbocycles. The van der Waals surface area contributed by atoms with Gasteiger partial charge in [0, 0.05) is 30.2 Å². The first-order chi connectivity index (χ1) is 14.0. The van der Waals surface area contributed by atoms with Gasteiger partial charge < -0.3 is 14.6 Å². The molecule has 9 heteroatoms. The summed E-state index contributed by atoms with van der Waals surface area (Å²) >= 11 is 1.95. The number of likely N-dealkylation sites (tertiary alicyclic amines) is 1. The van der Waals surface area contributed by atoms with Gasteiger partial charge in [0.1, 0.15) is 12.1 Å². The van der Waals surface area contributed by atoms with Crippen molar-refractivity contribution < 1.29 is 22.7 Å². The molecule has 0 spiro atoms. The number of esters is 1. The minimum atomic E-state index is -4.27. The highest BCUT2D eigenvalue weighted by molar-refractivity contribution is 14.1. The van der Waals surface area contributed by atoms with Crippen molar-refractivity contribution in [3.63, 3.8) is 0 Å². The van der Waals surface area contributed by atoms with Gasteiger partial charge in [0.25, 0.3) is 0 Å². The van der Waals surface area contributed by atoms with E-state index in [1.807, 2.05) is 42.5 Å². The summed E-state index contributed by atoms with van der Waals surface area (Å²) in [4.78, 5) is 14.4. The van der Waals surface area contributed by atoms with Gasteiger partial charge in [-0.25, -0.2) is 0 Å². The largest absolute Gasteiger partial charge is 0.465 e. The van der Waals surface area contributed by atoms with Gasteiger partial charge in [-0.2, -0.15) is 13.2 Å². The van der Waals surface area contributed by atoms with Gasteiger partial charge in [0.2, 0.25) is 0 Å². The lowest BCUT2D eigenvalue weighted by Gasteiger charge is -2.41. The highest BCUT2D eigenvalue weighted by Crippen LogP contribution is 2.32. The highest BCUT2D eigenvalue weighted by atomic mass is 127. The number of hydrogen-bond acceptors (Lipinski definition) is 4. The molecule has 2 heterocycles. The number of piperidine rings is 1. The first-order valence-corrected chi connectivity index (χ1v) is 11.1. The van der Waals surface area contributed by atoms with Crippen LogP contribution in [0.4, 0.5) is 18.9 Å². The average molecular weight is 537 g/mol. The first-order valence-electron chi connectivity index (χ1n) is 10.1. The van der Waals surface area contributed by atoms with Crippen molar-refractivity contribution in [3.8, 4) is 0 Å². The van der Waals surface area contributed by atoms with Crippen LogP contribution >= 0.6 is 22.6 Å². The van der Waals surface area contributed by atoms with Crippen molar-refractivity contribution in [2.45, 2.75) is 57.9 Å². The topological polar surface area (TPSA) is 46.5 Å². The monoisotopic (exact) mass is 537 g/mol. The van der Waals surface area contributed by atoms with Crippen molar-refractivity contribution in [2.75, 3.05) is 25.0 Å². The third-order valence-electron chi connectivity index (χ3n) is 5.65. The number of rotatable bonds is 6. The van der Waals surface area contributed by atoms with E-state index in [1.54, 1.807) is 25.1 Å². The normalized spacial score (nSPS) is 16.8. The number of nitrogens with one attached hydrogen (secondary N) is 1. The SMILES string of the molecule is CCOC(=O)C(C)(C)N1CCC(Nc2cccc3c2cc(I)n3CC(F)(F)F)CC1. The molecule has 1 saturated heterocycles. The number of benzene rings is 1. The van der Waals surface area contributed by atoms with Crippen LogP contribution in [-0.2, 0) is 16.1 Å². The second-order valence-electron chi connectivity index (χ2n) is 8.09. The Morgan fingerprint density at radius 1 is 1.27 bits per heavy atom. The molecule has 0 amide bonds. The second kappa shape index (κ2) is 8.94. The minimum Gasteiger partial charge on any atom is -0.465 e. The van der Waals surface area contributed by atoms with Crippen molar-refractivity contribution in [3.05, 3.63) is 28.0 Å². The zero-order valence-electron chi connectivity index (χ0n) is 17.4. The standard InChI is InChI=1S/C21H27F3IN3O2/c1-4-30-19(29)20(2,3)27-10-8-14(9-11-27)26-16-6-5-7-17-15(16)12-18(25)28(17)13-21(22,23)24/h5-7,12,14,26H,4,8-11,13H2,1-3H3. The molecule has 0 radical (unpaired) electrons.